The Morgan fingerprint density at radius 2 is 0.471 bits per heavy atom. The Morgan fingerprint density at radius 1 is 0.271 bits per heavy atom. The smallest absolute Gasteiger partial charge is 0.306 e. The highest BCUT2D eigenvalue weighted by molar-refractivity contribution is 5.71. The lowest BCUT2D eigenvalue weighted by atomic mass is 10.0. The Balaban J connectivity index is 4.27. The fraction of sp³-hybridized carbons (Fsp3) is 0.953. The highest BCUT2D eigenvalue weighted by Gasteiger charge is 2.19. The lowest BCUT2D eigenvalue weighted by Gasteiger charge is -2.18. The predicted octanol–water partition coefficient (Wildman–Crippen LogP) is 21.2. The summed E-state index contributed by atoms with van der Waals surface area (Å²) >= 11 is 0. The summed E-state index contributed by atoms with van der Waals surface area (Å²) in [5.74, 6) is 0.871. The molecule has 0 unspecified atom stereocenters. The zero-order valence-corrected chi connectivity index (χ0v) is 48.2. The van der Waals surface area contributed by atoms with Crippen molar-refractivity contribution >= 4 is 17.9 Å². The van der Waals surface area contributed by atoms with Gasteiger partial charge in [0.2, 0.25) is 0 Å². The van der Waals surface area contributed by atoms with E-state index in [0.717, 1.165) is 69.6 Å². The molecule has 0 aromatic heterocycles. The number of carbonyl (C=O) groups is 3. The highest BCUT2D eigenvalue weighted by Crippen LogP contribution is 2.19. The van der Waals surface area contributed by atoms with Crippen molar-refractivity contribution in [2.24, 2.45) is 11.8 Å². The van der Waals surface area contributed by atoms with Crippen molar-refractivity contribution in [2.75, 3.05) is 13.2 Å². The molecule has 0 aromatic rings. The van der Waals surface area contributed by atoms with E-state index < -0.39 is 6.10 Å². The van der Waals surface area contributed by atoms with Crippen molar-refractivity contribution in [2.45, 2.75) is 368 Å². The summed E-state index contributed by atoms with van der Waals surface area (Å²) in [6, 6.07) is 0. The van der Waals surface area contributed by atoms with E-state index in [4.69, 9.17) is 14.2 Å². The number of hydrogen-bond donors (Lipinski definition) is 0. The first-order valence-electron chi connectivity index (χ1n) is 31.7. The number of esters is 3. The van der Waals surface area contributed by atoms with Crippen molar-refractivity contribution in [3.8, 4) is 0 Å². The van der Waals surface area contributed by atoms with E-state index >= 15 is 0 Å². The Bertz CT molecular complexity index is 1070. The standard InChI is InChI=1S/C64H124O6/c1-6-7-8-9-10-11-12-13-17-26-31-36-41-46-51-56-64(67)70-61(58-69-63(66)55-50-45-40-35-30-25-21-16-19-23-28-33-38-43-48-53-60(4)5)57-68-62(65)54-49-44-39-34-29-24-20-15-14-18-22-27-32-37-42-47-52-59(2)3/h59-61H,6-58H2,1-5H3/t61-/m1/s1. The summed E-state index contributed by atoms with van der Waals surface area (Å²) in [5, 5.41) is 0. The lowest BCUT2D eigenvalue weighted by Crippen LogP contribution is -2.30. The minimum Gasteiger partial charge on any atom is -0.462 e. The minimum atomic E-state index is -0.763. The van der Waals surface area contributed by atoms with Gasteiger partial charge in [-0.2, -0.15) is 0 Å². The quantitative estimate of drug-likeness (QED) is 0.0343. The number of unbranched alkanes of at least 4 members (excludes halogenated alkanes) is 43. The molecule has 0 fully saturated rings. The number of rotatable bonds is 58. The summed E-state index contributed by atoms with van der Waals surface area (Å²) in [7, 11) is 0. The van der Waals surface area contributed by atoms with Gasteiger partial charge < -0.3 is 14.2 Å². The summed E-state index contributed by atoms with van der Waals surface area (Å²) < 4.78 is 17.0. The molecule has 0 aliphatic heterocycles. The third-order valence-electron chi connectivity index (χ3n) is 14.7. The number of hydrogen-bond acceptors (Lipinski definition) is 6. The highest BCUT2D eigenvalue weighted by atomic mass is 16.6. The van der Waals surface area contributed by atoms with E-state index in [1.165, 1.54) is 250 Å². The second kappa shape index (κ2) is 56.7. The van der Waals surface area contributed by atoms with Crippen molar-refractivity contribution in [1.82, 2.24) is 0 Å². The monoisotopic (exact) mass is 989 g/mol. The van der Waals surface area contributed by atoms with Gasteiger partial charge >= 0.3 is 17.9 Å². The summed E-state index contributed by atoms with van der Waals surface area (Å²) in [6.45, 7) is 11.5. The zero-order valence-electron chi connectivity index (χ0n) is 48.2. The zero-order chi connectivity index (χ0) is 51.1. The Hall–Kier alpha value is -1.59. The summed E-state index contributed by atoms with van der Waals surface area (Å²) in [4.78, 5) is 38.3. The normalized spacial score (nSPS) is 12.0. The van der Waals surface area contributed by atoms with E-state index in [9.17, 15) is 14.4 Å². The molecule has 0 saturated carbocycles. The third-order valence-corrected chi connectivity index (χ3v) is 14.7. The average Bonchev–Trinajstić information content (AvgIpc) is 3.33. The third kappa shape index (κ3) is 57.3. The van der Waals surface area contributed by atoms with E-state index in [1.54, 1.807) is 0 Å². The molecule has 0 aromatic carbocycles. The molecule has 6 heteroatoms. The van der Waals surface area contributed by atoms with Crippen LogP contribution in [0.1, 0.15) is 362 Å². The first-order chi connectivity index (χ1) is 34.2. The molecule has 0 radical (unpaired) electrons. The summed E-state index contributed by atoms with van der Waals surface area (Å²) in [5.41, 5.74) is 0. The van der Waals surface area contributed by atoms with Crippen molar-refractivity contribution in [1.29, 1.82) is 0 Å². The van der Waals surface area contributed by atoms with Crippen molar-refractivity contribution in [3.05, 3.63) is 0 Å². The molecule has 6 nitrogen and oxygen atoms in total. The Labute approximate surface area is 438 Å². The summed E-state index contributed by atoms with van der Waals surface area (Å²) in [6.07, 6.45) is 62.4. The molecular formula is C64H124O6. The van der Waals surface area contributed by atoms with Gasteiger partial charge in [-0.15, -0.1) is 0 Å². The molecule has 0 N–H and O–H groups in total. The second-order valence-corrected chi connectivity index (χ2v) is 23.0. The largest absolute Gasteiger partial charge is 0.462 e. The molecule has 0 aliphatic carbocycles. The van der Waals surface area contributed by atoms with Gasteiger partial charge in [0.15, 0.2) is 6.10 Å². The first kappa shape index (κ1) is 68.4. The van der Waals surface area contributed by atoms with E-state index in [2.05, 4.69) is 34.6 Å². The van der Waals surface area contributed by atoms with Crippen LogP contribution < -0.4 is 0 Å². The Kier molecular flexibility index (Phi) is 55.4. The second-order valence-electron chi connectivity index (χ2n) is 23.0. The maximum absolute atomic E-state index is 12.9. The van der Waals surface area contributed by atoms with Crippen LogP contribution in [-0.4, -0.2) is 37.2 Å². The van der Waals surface area contributed by atoms with Crippen molar-refractivity contribution < 1.29 is 28.6 Å². The van der Waals surface area contributed by atoms with Gasteiger partial charge in [-0.05, 0) is 31.1 Å². The van der Waals surface area contributed by atoms with Gasteiger partial charge in [-0.25, -0.2) is 0 Å². The predicted molar refractivity (Wildman–Crippen MR) is 303 cm³/mol. The van der Waals surface area contributed by atoms with Gasteiger partial charge in [0, 0.05) is 19.3 Å². The number of carbonyl (C=O) groups excluding carboxylic acids is 3. The van der Waals surface area contributed by atoms with E-state index in [-0.39, 0.29) is 31.1 Å². The van der Waals surface area contributed by atoms with Crippen molar-refractivity contribution in [3.63, 3.8) is 0 Å². The van der Waals surface area contributed by atoms with Crippen LogP contribution in [0.25, 0.3) is 0 Å². The molecule has 70 heavy (non-hydrogen) atoms. The van der Waals surface area contributed by atoms with E-state index in [0.29, 0.717) is 19.3 Å². The Morgan fingerprint density at radius 3 is 0.700 bits per heavy atom. The van der Waals surface area contributed by atoms with E-state index in [1.807, 2.05) is 0 Å². The maximum Gasteiger partial charge on any atom is 0.306 e. The van der Waals surface area contributed by atoms with Crippen LogP contribution >= 0.6 is 0 Å². The minimum absolute atomic E-state index is 0.0618. The molecule has 0 saturated heterocycles. The fourth-order valence-electron chi connectivity index (χ4n) is 9.93. The van der Waals surface area contributed by atoms with Gasteiger partial charge in [0.1, 0.15) is 13.2 Å². The molecule has 0 spiro atoms. The lowest BCUT2D eigenvalue weighted by molar-refractivity contribution is -0.167. The van der Waals surface area contributed by atoms with Crippen LogP contribution in [0.4, 0.5) is 0 Å². The number of ether oxygens (including phenoxy) is 3. The maximum atomic E-state index is 12.9. The molecule has 1 atom stereocenters. The van der Waals surface area contributed by atoms with Gasteiger partial charge in [0.25, 0.3) is 0 Å². The fourth-order valence-corrected chi connectivity index (χ4v) is 9.93. The molecular weight excluding hydrogens is 865 g/mol. The molecule has 0 bridgehead atoms. The molecule has 0 aliphatic rings. The van der Waals surface area contributed by atoms with Gasteiger partial charge in [-0.1, -0.05) is 324 Å². The average molecular weight is 990 g/mol. The van der Waals surface area contributed by atoms with Crippen LogP contribution in [0.15, 0.2) is 0 Å². The molecule has 0 heterocycles. The van der Waals surface area contributed by atoms with Crippen LogP contribution in [0.2, 0.25) is 0 Å². The van der Waals surface area contributed by atoms with Crippen LogP contribution in [0.3, 0.4) is 0 Å². The van der Waals surface area contributed by atoms with Gasteiger partial charge in [0.05, 0.1) is 0 Å². The molecule has 0 rings (SSSR count). The van der Waals surface area contributed by atoms with Crippen LogP contribution in [0, 0.1) is 11.8 Å². The molecule has 416 valence electrons. The van der Waals surface area contributed by atoms with Crippen LogP contribution in [0.5, 0.6) is 0 Å². The topological polar surface area (TPSA) is 78.9 Å². The van der Waals surface area contributed by atoms with Crippen LogP contribution in [-0.2, 0) is 28.6 Å². The molecule has 0 amide bonds. The SMILES string of the molecule is CCCCCCCCCCCCCCCCCC(=O)O[C@H](COC(=O)CCCCCCCCCCCCCCCCCCC(C)C)COC(=O)CCCCCCCCCCCCCCCCCC(C)C. The van der Waals surface area contributed by atoms with Gasteiger partial charge in [-0.3, -0.25) is 14.4 Å². The first-order valence-corrected chi connectivity index (χ1v) is 31.7.